The van der Waals surface area contributed by atoms with E-state index in [9.17, 15) is 4.79 Å². The van der Waals surface area contributed by atoms with Crippen molar-refractivity contribution in [1.29, 1.82) is 0 Å². The van der Waals surface area contributed by atoms with E-state index in [4.69, 9.17) is 12.2 Å². The van der Waals surface area contributed by atoms with Gasteiger partial charge in [0, 0.05) is 32.6 Å². The molecule has 98 valence electrons. The fourth-order valence-electron chi connectivity index (χ4n) is 1.66. The lowest BCUT2D eigenvalue weighted by Gasteiger charge is -2.29. The lowest BCUT2D eigenvalue weighted by Crippen LogP contribution is -2.46. The number of carbonyl (C=O) groups excluding carboxylic acids is 1. The molecule has 0 bridgehead atoms. The van der Waals surface area contributed by atoms with E-state index in [-0.39, 0.29) is 0 Å². The molecular formula is C13H24N2OS. The van der Waals surface area contributed by atoms with Gasteiger partial charge in [-0.2, -0.15) is 0 Å². The molecule has 0 radical (unpaired) electrons. The number of unbranched alkanes of at least 4 members (excludes halogenated alkanes) is 1. The standard InChI is InChI=1S/C11H20N2OS.C2H4/c1-2-3-4-10(14)9-11(15)13-7-5-12-6-8-13;1-2/h12H,2-9H2,1H3;1-2H2. The highest BCUT2D eigenvalue weighted by molar-refractivity contribution is 7.80. The minimum atomic E-state index is 0.292. The van der Waals surface area contributed by atoms with Gasteiger partial charge in [0.05, 0.1) is 11.4 Å². The number of piperazine rings is 1. The van der Waals surface area contributed by atoms with E-state index < -0.39 is 0 Å². The minimum Gasteiger partial charge on any atom is -0.363 e. The van der Waals surface area contributed by atoms with Crippen LogP contribution in [0.2, 0.25) is 0 Å². The number of hydrogen-bond donors (Lipinski definition) is 1. The van der Waals surface area contributed by atoms with Crippen LogP contribution in [0.4, 0.5) is 0 Å². The van der Waals surface area contributed by atoms with Crippen LogP contribution in [-0.2, 0) is 4.79 Å². The molecule has 3 nitrogen and oxygen atoms in total. The van der Waals surface area contributed by atoms with Crippen LogP contribution in [0.3, 0.4) is 0 Å². The van der Waals surface area contributed by atoms with Crippen LogP contribution in [0.25, 0.3) is 0 Å². The molecule has 0 unspecified atom stereocenters. The number of Topliss-reactive ketones (excluding diaryl/α,β-unsaturated/α-hetero) is 1. The van der Waals surface area contributed by atoms with Crippen molar-refractivity contribution in [3.8, 4) is 0 Å². The summed E-state index contributed by atoms with van der Waals surface area (Å²) >= 11 is 5.28. The fraction of sp³-hybridized carbons (Fsp3) is 0.692. The van der Waals surface area contributed by atoms with Gasteiger partial charge in [0.15, 0.2) is 0 Å². The molecule has 0 spiro atoms. The van der Waals surface area contributed by atoms with Crippen molar-refractivity contribution < 1.29 is 4.79 Å². The number of thiocarbonyl (C=S) groups is 1. The van der Waals surface area contributed by atoms with Gasteiger partial charge in [0.1, 0.15) is 5.78 Å². The summed E-state index contributed by atoms with van der Waals surface area (Å²) in [5.41, 5.74) is 0. The first-order chi connectivity index (χ1) is 8.24. The molecule has 17 heavy (non-hydrogen) atoms. The second-order valence-electron chi connectivity index (χ2n) is 3.95. The SMILES string of the molecule is C=C.CCCCC(=O)CC(=S)N1CCNCC1. The molecule has 0 aromatic rings. The Morgan fingerprint density at radius 2 is 1.94 bits per heavy atom. The van der Waals surface area contributed by atoms with Gasteiger partial charge < -0.3 is 10.2 Å². The summed E-state index contributed by atoms with van der Waals surface area (Å²) in [4.78, 5) is 14.5. The third-order valence-electron chi connectivity index (χ3n) is 2.63. The first-order valence-electron chi connectivity index (χ1n) is 6.24. The molecule has 1 rings (SSSR count). The summed E-state index contributed by atoms with van der Waals surface area (Å²) in [6, 6.07) is 0. The molecule has 1 saturated heterocycles. The summed E-state index contributed by atoms with van der Waals surface area (Å²) in [7, 11) is 0. The van der Waals surface area contributed by atoms with Crippen LogP contribution in [0.5, 0.6) is 0 Å². The van der Waals surface area contributed by atoms with Crippen molar-refractivity contribution in [2.45, 2.75) is 32.6 Å². The molecule has 1 aliphatic rings. The van der Waals surface area contributed by atoms with E-state index >= 15 is 0 Å². The maximum absolute atomic E-state index is 11.5. The second kappa shape index (κ2) is 10.4. The number of hydrogen-bond acceptors (Lipinski definition) is 3. The summed E-state index contributed by atoms with van der Waals surface area (Å²) in [6.45, 7) is 11.9. The number of nitrogens with one attached hydrogen (secondary N) is 1. The van der Waals surface area contributed by atoms with Crippen LogP contribution >= 0.6 is 12.2 Å². The van der Waals surface area contributed by atoms with Crippen molar-refractivity contribution in [3.63, 3.8) is 0 Å². The molecule has 0 atom stereocenters. The van der Waals surface area contributed by atoms with Gasteiger partial charge in [0.2, 0.25) is 0 Å². The lowest BCUT2D eigenvalue weighted by atomic mass is 10.1. The predicted molar refractivity (Wildman–Crippen MR) is 77.4 cm³/mol. The normalized spacial score (nSPS) is 14.8. The summed E-state index contributed by atoms with van der Waals surface area (Å²) in [5.74, 6) is 0.292. The van der Waals surface area contributed by atoms with Crippen LogP contribution in [-0.4, -0.2) is 41.9 Å². The van der Waals surface area contributed by atoms with Crippen molar-refractivity contribution in [2.24, 2.45) is 0 Å². The Kier molecular flexibility index (Phi) is 9.96. The van der Waals surface area contributed by atoms with Crippen molar-refractivity contribution >= 4 is 23.0 Å². The van der Waals surface area contributed by atoms with E-state index in [1.54, 1.807) is 0 Å². The van der Waals surface area contributed by atoms with Gasteiger partial charge in [-0.1, -0.05) is 25.6 Å². The van der Waals surface area contributed by atoms with Gasteiger partial charge >= 0.3 is 0 Å². The first kappa shape index (κ1) is 16.3. The average Bonchev–Trinajstić information content (AvgIpc) is 2.39. The zero-order chi connectivity index (χ0) is 13.1. The van der Waals surface area contributed by atoms with Crippen LogP contribution in [0.1, 0.15) is 32.6 Å². The largest absolute Gasteiger partial charge is 0.363 e. The zero-order valence-electron chi connectivity index (χ0n) is 10.8. The second-order valence-corrected chi connectivity index (χ2v) is 4.42. The highest BCUT2D eigenvalue weighted by Gasteiger charge is 2.15. The molecule has 0 aromatic carbocycles. The third kappa shape index (κ3) is 7.23. The Labute approximate surface area is 110 Å². The topological polar surface area (TPSA) is 32.3 Å². The summed E-state index contributed by atoms with van der Waals surface area (Å²) in [5, 5.41) is 3.27. The van der Waals surface area contributed by atoms with E-state index in [0.29, 0.717) is 18.6 Å². The molecular weight excluding hydrogens is 232 g/mol. The van der Waals surface area contributed by atoms with E-state index in [1.807, 2.05) is 0 Å². The highest BCUT2D eigenvalue weighted by atomic mass is 32.1. The molecule has 0 saturated carbocycles. The minimum absolute atomic E-state index is 0.292. The van der Waals surface area contributed by atoms with Gasteiger partial charge in [-0.05, 0) is 6.42 Å². The molecule has 1 fully saturated rings. The molecule has 1 aliphatic heterocycles. The number of ketones is 1. The van der Waals surface area contributed by atoms with E-state index in [1.165, 1.54) is 0 Å². The van der Waals surface area contributed by atoms with E-state index in [0.717, 1.165) is 44.0 Å². The van der Waals surface area contributed by atoms with Gasteiger partial charge in [-0.15, -0.1) is 13.2 Å². The Hall–Kier alpha value is -0.740. The van der Waals surface area contributed by atoms with Crippen LogP contribution < -0.4 is 5.32 Å². The maximum atomic E-state index is 11.5. The van der Waals surface area contributed by atoms with Crippen LogP contribution in [0, 0.1) is 0 Å². The quantitative estimate of drug-likeness (QED) is 0.603. The molecule has 1 heterocycles. The predicted octanol–water partition coefficient (Wildman–Crippen LogP) is 2.17. The first-order valence-corrected chi connectivity index (χ1v) is 6.65. The summed E-state index contributed by atoms with van der Waals surface area (Å²) < 4.78 is 0. The third-order valence-corrected chi connectivity index (χ3v) is 3.03. The fourth-order valence-corrected chi connectivity index (χ4v) is 2.00. The van der Waals surface area contributed by atoms with Crippen molar-refractivity contribution in [3.05, 3.63) is 13.2 Å². The average molecular weight is 256 g/mol. The summed E-state index contributed by atoms with van der Waals surface area (Å²) in [6.07, 6.45) is 3.22. The van der Waals surface area contributed by atoms with Gasteiger partial charge in [0.25, 0.3) is 0 Å². The number of carbonyl (C=O) groups is 1. The highest BCUT2D eigenvalue weighted by Crippen LogP contribution is 2.04. The van der Waals surface area contributed by atoms with Crippen LogP contribution in [0.15, 0.2) is 13.2 Å². The monoisotopic (exact) mass is 256 g/mol. The Bertz CT molecular complexity index is 238. The zero-order valence-corrected chi connectivity index (χ0v) is 11.7. The number of rotatable bonds is 5. The lowest BCUT2D eigenvalue weighted by molar-refractivity contribution is -0.118. The van der Waals surface area contributed by atoms with Crippen molar-refractivity contribution in [2.75, 3.05) is 26.2 Å². The van der Waals surface area contributed by atoms with Gasteiger partial charge in [-0.3, -0.25) is 4.79 Å². The molecule has 0 amide bonds. The Morgan fingerprint density at radius 1 is 1.35 bits per heavy atom. The molecule has 1 N–H and O–H groups in total. The molecule has 0 aromatic heterocycles. The molecule has 0 aliphatic carbocycles. The Morgan fingerprint density at radius 3 is 2.47 bits per heavy atom. The smallest absolute Gasteiger partial charge is 0.139 e. The maximum Gasteiger partial charge on any atom is 0.139 e. The Balaban J connectivity index is 0.00000121. The van der Waals surface area contributed by atoms with Gasteiger partial charge in [-0.25, -0.2) is 0 Å². The number of nitrogens with zero attached hydrogens (tertiary/aromatic N) is 1. The van der Waals surface area contributed by atoms with E-state index in [2.05, 4.69) is 30.3 Å². The van der Waals surface area contributed by atoms with Crippen molar-refractivity contribution in [1.82, 2.24) is 10.2 Å². The molecule has 4 heteroatoms.